The highest BCUT2D eigenvalue weighted by molar-refractivity contribution is 5.28. The summed E-state index contributed by atoms with van der Waals surface area (Å²) >= 11 is 0. The summed E-state index contributed by atoms with van der Waals surface area (Å²) in [6.45, 7) is 7.84. The fraction of sp³-hybridized carbons (Fsp3) is 0.556. The Bertz CT molecular complexity index is 289. The molecule has 0 saturated carbocycles. The molecule has 1 heterocycles. The summed E-state index contributed by atoms with van der Waals surface area (Å²) < 4.78 is 0. The first kappa shape index (κ1) is 8.97. The van der Waals surface area contributed by atoms with Crippen LogP contribution in [0.25, 0.3) is 0 Å². The molecule has 0 bridgehead atoms. The van der Waals surface area contributed by atoms with E-state index < -0.39 is 0 Å². The van der Waals surface area contributed by atoms with Crippen molar-refractivity contribution >= 4 is 0 Å². The second-order valence-corrected chi connectivity index (χ2v) is 3.90. The molecule has 0 aliphatic carbocycles. The Morgan fingerprint density at radius 1 is 1.33 bits per heavy atom. The van der Waals surface area contributed by atoms with Crippen molar-refractivity contribution in [2.24, 2.45) is 0 Å². The maximum absolute atomic E-state index is 9.45. The number of aromatic hydroxyl groups is 1. The van der Waals surface area contributed by atoms with Crippen molar-refractivity contribution in [3.8, 4) is 5.75 Å². The third-order valence-corrected chi connectivity index (χ3v) is 1.60. The van der Waals surface area contributed by atoms with Gasteiger partial charge in [-0.2, -0.15) is 0 Å². The summed E-state index contributed by atoms with van der Waals surface area (Å²) in [4.78, 5) is 8.07. The topological polar surface area (TPSA) is 46.0 Å². The van der Waals surface area contributed by atoms with E-state index in [2.05, 4.69) is 9.97 Å². The van der Waals surface area contributed by atoms with E-state index >= 15 is 0 Å². The van der Waals surface area contributed by atoms with Crippen molar-refractivity contribution in [3.63, 3.8) is 0 Å². The van der Waals surface area contributed by atoms with Crippen molar-refractivity contribution in [2.45, 2.75) is 33.1 Å². The normalized spacial score (nSPS) is 11.7. The first-order chi connectivity index (χ1) is 5.41. The van der Waals surface area contributed by atoms with Crippen LogP contribution in [-0.4, -0.2) is 15.1 Å². The van der Waals surface area contributed by atoms with E-state index in [1.807, 2.05) is 27.7 Å². The molecule has 1 N–H and O–H groups in total. The highest BCUT2D eigenvalue weighted by Crippen LogP contribution is 2.27. The predicted molar refractivity (Wildman–Crippen MR) is 47.1 cm³/mol. The van der Waals surface area contributed by atoms with Crippen molar-refractivity contribution in [1.29, 1.82) is 0 Å². The molecule has 12 heavy (non-hydrogen) atoms. The molecule has 0 fully saturated rings. The van der Waals surface area contributed by atoms with Gasteiger partial charge < -0.3 is 5.11 Å². The molecule has 66 valence electrons. The molecule has 0 radical (unpaired) electrons. The third kappa shape index (κ3) is 1.72. The molecular formula is C9H14N2O. The van der Waals surface area contributed by atoms with Gasteiger partial charge >= 0.3 is 0 Å². The van der Waals surface area contributed by atoms with Crippen molar-refractivity contribution in [2.75, 3.05) is 0 Å². The summed E-state index contributed by atoms with van der Waals surface area (Å²) in [5, 5.41) is 9.45. The van der Waals surface area contributed by atoms with Crippen LogP contribution in [0.4, 0.5) is 0 Å². The predicted octanol–water partition coefficient (Wildman–Crippen LogP) is 1.79. The summed E-state index contributed by atoms with van der Waals surface area (Å²) in [7, 11) is 0. The Balaban J connectivity index is 3.23. The van der Waals surface area contributed by atoms with E-state index in [1.54, 1.807) is 0 Å². The zero-order valence-electron chi connectivity index (χ0n) is 7.92. The molecule has 0 aliphatic heterocycles. The average molecular weight is 166 g/mol. The van der Waals surface area contributed by atoms with Gasteiger partial charge in [-0.25, -0.2) is 9.97 Å². The standard InChI is InChI=1S/C9H14N2O/c1-6-10-5-7(12)8(11-6)9(2,3)4/h5,12H,1-4H3. The van der Waals surface area contributed by atoms with Gasteiger partial charge in [0.25, 0.3) is 0 Å². The van der Waals surface area contributed by atoms with Crippen LogP contribution in [0.1, 0.15) is 32.3 Å². The van der Waals surface area contributed by atoms with E-state index in [0.717, 1.165) is 0 Å². The molecule has 0 atom stereocenters. The number of nitrogens with zero attached hydrogens (tertiary/aromatic N) is 2. The molecule has 1 rings (SSSR count). The molecule has 3 heteroatoms. The Morgan fingerprint density at radius 3 is 2.33 bits per heavy atom. The summed E-state index contributed by atoms with van der Waals surface area (Å²) in [5.41, 5.74) is 0.577. The van der Waals surface area contributed by atoms with Crippen LogP contribution < -0.4 is 0 Å². The van der Waals surface area contributed by atoms with E-state index in [1.165, 1.54) is 6.20 Å². The molecule has 0 amide bonds. The van der Waals surface area contributed by atoms with Gasteiger partial charge in [-0.3, -0.25) is 0 Å². The number of hydrogen-bond acceptors (Lipinski definition) is 3. The number of aromatic nitrogens is 2. The van der Waals surface area contributed by atoms with Crippen molar-refractivity contribution < 1.29 is 5.11 Å². The van der Waals surface area contributed by atoms with Gasteiger partial charge in [0, 0.05) is 5.41 Å². The lowest BCUT2D eigenvalue weighted by Crippen LogP contribution is -2.14. The maximum atomic E-state index is 9.45. The Kier molecular flexibility index (Phi) is 2.04. The van der Waals surface area contributed by atoms with Gasteiger partial charge in [0.15, 0.2) is 5.75 Å². The lowest BCUT2D eigenvalue weighted by atomic mass is 9.91. The zero-order valence-corrected chi connectivity index (χ0v) is 7.92. The zero-order chi connectivity index (χ0) is 9.35. The van der Waals surface area contributed by atoms with Gasteiger partial charge in [-0.1, -0.05) is 20.8 Å². The molecular weight excluding hydrogens is 152 g/mol. The lowest BCUT2D eigenvalue weighted by Gasteiger charge is -2.18. The summed E-state index contributed by atoms with van der Waals surface area (Å²) in [6.07, 6.45) is 1.45. The fourth-order valence-electron chi connectivity index (χ4n) is 1.02. The quantitative estimate of drug-likeness (QED) is 0.639. The molecule has 1 aromatic heterocycles. The van der Waals surface area contributed by atoms with E-state index in [9.17, 15) is 5.11 Å². The Morgan fingerprint density at radius 2 is 1.92 bits per heavy atom. The Labute approximate surface area is 72.5 Å². The summed E-state index contributed by atoms with van der Waals surface area (Å²) in [5.74, 6) is 0.867. The molecule has 0 aromatic carbocycles. The number of rotatable bonds is 0. The second kappa shape index (κ2) is 2.73. The van der Waals surface area contributed by atoms with Crippen LogP contribution in [0.2, 0.25) is 0 Å². The highest BCUT2D eigenvalue weighted by atomic mass is 16.3. The number of aryl methyl sites for hydroxylation is 1. The second-order valence-electron chi connectivity index (χ2n) is 3.90. The first-order valence-electron chi connectivity index (χ1n) is 3.94. The highest BCUT2D eigenvalue weighted by Gasteiger charge is 2.19. The van der Waals surface area contributed by atoms with Crippen LogP contribution in [0.3, 0.4) is 0 Å². The molecule has 0 unspecified atom stereocenters. The minimum Gasteiger partial charge on any atom is -0.504 e. The van der Waals surface area contributed by atoms with Gasteiger partial charge in [-0.15, -0.1) is 0 Å². The van der Waals surface area contributed by atoms with E-state index in [4.69, 9.17) is 0 Å². The summed E-state index contributed by atoms with van der Waals surface area (Å²) in [6, 6.07) is 0. The minimum atomic E-state index is -0.127. The van der Waals surface area contributed by atoms with Gasteiger partial charge in [0.2, 0.25) is 0 Å². The molecule has 1 aromatic rings. The first-order valence-corrected chi connectivity index (χ1v) is 3.94. The lowest BCUT2D eigenvalue weighted by molar-refractivity contribution is 0.433. The minimum absolute atomic E-state index is 0.127. The average Bonchev–Trinajstić information content (AvgIpc) is 1.92. The fourth-order valence-corrected chi connectivity index (χ4v) is 1.02. The molecule has 0 aliphatic rings. The van der Waals surface area contributed by atoms with E-state index in [0.29, 0.717) is 11.5 Å². The monoisotopic (exact) mass is 166 g/mol. The van der Waals surface area contributed by atoms with Gasteiger partial charge in [0.1, 0.15) is 5.82 Å². The van der Waals surface area contributed by atoms with Crippen LogP contribution >= 0.6 is 0 Å². The molecule has 0 saturated heterocycles. The van der Waals surface area contributed by atoms with Gasteiger partial charge in [-0.05, 0) is 6.92 Å². The van der Waals surface area contributed by atoms with Crippen molar-refractivity contribution in [1.82, 2.24) is 9.97 Å². The largest absolute Gasteiger partial charge is 0.504 e. The Hall–Kier alpha value is -1.12. The SMILES string of the molecule is Cc1ncc(O)c(C(C)(C)C)n1. The smallest absolute Gasteiger partial charge is 0.156 e. The van der Waals surface area contributed by atoms with Crippen LogP contribution in [-0.2, 0) is 5.41 Å². The van der Waals surface area contributed by atoms with Crippen LogP contribution in [0, 0.1) is 6.92 Å². The van der Waals surface area contributed by atoms with Crippen LogP contribution in [0.5, 0.6) is 5.75 Å². The number of hydrogen-bond donors (Lipinski definition) is 1. The molecule has 0 spiro atoms. The maximum Gasteiger partial charge on any atom is 0.156 e. The van der Waals surface area contributed by atoms with Gasteiger partial charge in [0.05, 0.1) is 11.9 Å². The third-order valence-electron chi connectivity index (χ3n) is 1.60. The van der Waals surface area contributed by atoms with Crippen LogP contribution in [0.15, 0.2) is 6.20 Å². The van der Waals surface area contributed by atoms with Crippen molar-refractivity contribution in [3.05, 3.63) is 17.7 Å². The molecule has 3 nitrogen and oxygen atoms in total. The van der Waals surface area contributed by atoms with E-state index in [-0.39, 0.29) is 11.2 Å².